The minimum atomic E-state index is -0.431. The SMILES string of the molecule is Cc1nc(-c2ccccc2)nc(Sc2ccc([N+](=O)[O-])cc2)c1C(=O)N1CCN(C)CC1. The topological polar surface area (TPSA) is 92.5 Å². The first-order valence-corrected chi connectivity index (χ1v) is 11.1. The van der Waals surface area contributed by atoms with Gasteiger partial charge in [-0.05, 0) is 26.1 Å². The van der Waals surface area contributed by atoms with E-state index in [-0.39, 0.29) is 11.6 Å². The molecule has 2 aromatic carbocycles. The first kappa shape index (κ1) is 21.9. The Labute approximate surface area is 190 Å². The molecule has 0 bridgehead atoms. The monoisotopic (exact) mass is 449 g/mol. The van der Waals surface area contributed by atoms with E-state index in [0.717, 1.165) is 23.5 Å². The molecule has 0 N–H and O–H groups in total. The normalized spacial score (nSPS) is 14.4. The third-order valence-electron chi connectivity index (χ3n) is 5.36. The number of hydrogen-bond acceptors (Lipinski definition) is 7. The number of nitro benzene ring substituents is 1. The van der Waals surface area contributed by atoms with Crippen LogP contribution in [0.4, 0.5) is 5.69 Å². The number of carbonyl (C=O) groups excluding carboxylic acids is 1. The van der Waals surface area contributed by atoms with Gasteiger partial charge in [0.25, 0.3) is 11.6 Å². The molecule has 1 aliphatic rings. The Morgan fingerprint density at radius 1 is 1.00 bits per heavy atom. The zero-order valence-electron chi connectivity index (χ0n) is 17.9. The van der Waals surface area contributed by atoms with Crippen LogP contribution < -0.4 is 0 Å². The number of rotatable bonds is 5. The van der Waals surface area contributed by atoms with Gasteiger partial charge in [0.1, 0.15) is 5.03 Å². The van der Waals surface area contributed by atoms with Crippen LogP contribution >= 0.6 is 11.8 Å². The summed E-state index contributed by atoms with van der Waals surface area (Å²) in [7, 11) is 2.04. The van der Waals surface area contributed by atoms with Crippen LogP contribution in [0.15, 0.2) is 64.5 Å². The number of nitro groups is 1. The molecule has 32 heavy (non-hydrogen) atoms. The average molecular weight is 450 g/mol. The fourth-order valence-electron chi connectivity index (χ4n) is 3.50. The van der Waals surface area contributed by atoms with Crippen LogP contribution in [0.25, 0.3) is 11.4 Å². The molecule has 4 rings (SSSR count). The van der Waals surface area contributed by atoms with Crippen molar-refractivity contribution >= 4 is 23.4 Å². The predicted molar refractivity (Wildman–Crippen MR) is 123 cm³/mol. The van der Waals surface area contributed by atoms with Crippen molar-refractivity contribution in [3.63, 3.8) is 0 Å². The van der Waals surface area contributed by atoms with Crippen molar-refractivity contribution in [3.05, 3.63) is 76.0 Å². The predicted octanol–water partition coefficient (Wildman–Crippen LogP) is 3.90. The first-order chi connectivity index (χ1) is 15.4. The largest absolute Gasteiger partial charge is 0.336 e. The Balaban J connectivity index is 1.74. The zero-order valence-corrected chi connectivity index (χ0v) is 18.7. The Bertz CT molecular complexity index is 1130. The van der Waals surface area contributed by atoms with E-state index in [9.17, 15) is 14.9 Å². The van der Waals surface area contributed by atoms with Gasteiger partial charge in [-0.25, -0.2) is 9.97 Å². The second kappa shape index (κ2) is 9.46. The molecule has 9 heteroatoms. The fraction of sp³-hybridized carbons (Fsp3) is 0.261. The fourth-order valence-corrected chi connectivity index (χ4v) is 4.46. The molecule has 0 atom stereocenters. The van der Waals surface area contributed by atoms with Crippen LogP contribution in [0.2, 0.25) is 0 Å². The van der Waals surface area contributed by atoms with E-state index in [2.05, 4.69) is 9.88 Å². The summed E-state index contributed by atoms with van der Waals surface area (Å²) in [6, 6.07) is 15.9. The molecule has 8 nitrogen and oxygen atoms in total. The summed E-state index contributed by atoms with van der Waals surface area (Å²) < 4.78 is 0. The van der Waals surface area contributed by atoms with Gasteiger partial charge in [0.2, 0.25) is 0 Å². The summed E-state index contributed by atoms with van der Waals surface area (Å²) in [6.07, 6.45) is 0. The number of piperazine rings is 1. The maximum absolute atomic E-state index is 13.5. The van der Waals surface area contributed by atoms with Crippen molar-refractivity contribution in [2.75, 3.05) is 33.2 Å². The molecular weight excluding hydrogens is 426 g/mol. The average Bonchev–Trinajstić information content (AvgIpc) is 2.80. The van der Waals surface area contributed by atoms with Gasteiger partial charge in [-0.2, -0.15) is 0 Å². The number of likely N-dealkylation sites (N-methyl/N-ethyl adjacent to an activating group) is 1. The molecule has 1 fully saturated rings. The van der Waals surface area contributed by atoms with Crippen LogP contribution in [-0.2, 0) is 0 Å². The highest BCUT2D eigenvalue weighted by Crippen LogP contribution is 2.33. The number of carbonyl (C=O) groups is 1. The standard InChI is InChI=1S/C23H23N5O3S/c1-16-20(23(29)27-14-12-26(2)13-15-27)22(25-21(24-16)17-6-4-3-5-7-17)32-19-10-8-18(9-11-19)28(30)31/h3-11H,12-15H2,1-2H3. The number of non-ortho nitro benzene ring substituents is 1. The van der Waals surface area contributed by atoms with Crippen LogP contribution in [0.1, 0.15) is 16.1 Å². The second-order valence-corrected chi connectivity index (χ2v) is 8.69. The lowest BCUT2D eigenvalue weighted by Gasteiger charge is -2.33. The molecule has 0 saturated carbocycles. The lowest BCUT2D eigenvalue weighted by Crippen LogP contribution is -2.47. The third kappa shape index (κ3) is 4.79. The summed E-state index contributed by atoms with van der Waals surface area (Å²) in [5, 5.41) is 11.5. The van der Waals surface area contributed by atoms with Crippen molar-refractivity contribution in [1.29, 1.82) is 0 Å². The number of hydrogen-bond donors (Lipinski definition) is 0. The lowest BCUT2D eigenvalue weighted by atomic mass is 10.1. The van der Waals surface area contributed by atoms with Crippen molar-refractivity contribution in [2.45, 2.75) is 16.8 Å². The number of aromatic nitrogens is 2. The van der Waals surface area contributed by atoms with Gasteiger partial charge in [-0.3, -0.25) is 14.9 Å². The van der Waals surface area contributed by atoms with Gasteiger partial charge in [-0.1, -0.05) is 42.1 Å². The molecule has 3 aromatic rings. The lowest BCUT2D eigenvalue weighted by molar-refractivity contribution is -0.384. The van der Waals surface area contributed by atoms with Crippen LogP contribution in [0.5, 0.6) is 0 Å². The molecule has 1 saturated heterocycles. The number of aryl methyl sites for hydroxylation is 1. The van der Waals surface area contributed by atoms with Gasteiger partial charge < -0.3 is 9.80 Å². The molecule has 1 aromatic heterocycles. The summed E-state index contributed by atoms with van der Waals surface area (Å²) >= 11 is 1.32. The Morgan fingerprint density at radius 3 is 2.28 bits per heavy atom. The maximum Gasteiger partial charge on any atom is 0.269 e. The van der Waals surface area contributed by atoms with Crippen LogP contribution in [0, 0.1) is 17.0 Å². The van der Waals surface area contributed by atoms with Gasteiger partial charge in [0.15, 0.2) is 5.82 Å². The number of amides is 1. The summed E-state index contributed by atoms with van der Waals surface area (Å²) in [4.78, 5) is 38.2. The minimum Gasteiger partial charge on any atom is -0.336 e. The molecule has 2 heterocycles. The Morgan fingerprint density at radius 2 is 1.66 bits per heavy atom. The van der Waals surface area contributed by atoms with Crippen molar-refractivity contribution in [2.24, 2.45) is 0 Å². The Kier molecular flexibility index (Phi) is 6.48. The molecule has 1 aliphatic heterocycles. The van der Waals surface area contributed by atoms with Crippen LogP contribution in [-0.4, -0.2) is 63.8 Å². The van der Waals surface area contributed by atoms with Crippen molar-refractivity contribution < 1.29 is 9.72 Å². The van der Waals surface area contributed by atoms with E-state index in [4.69, 9.17) is 4.98 Å². The highest BCUT2D eigenvalue weighted by Gasteiger charge is 2.27. The quantitative estimate of drug-likeness (QED) is 0.331. The molecule has 0 aliphatic carbocycles. The van der Waals surface area contributed by atoms with Gasteiger partial charge in [0, 0.05) is 48.8 Å². The molecule has 164 valence electrons. The molecular formula is C23H23N5O3S. The summed E-state index contributed by atoms with van der Waals surface area (Å²) in [5.41, 5.74) is 1.98. The molecule has 0 spiro atoms. The summed E-state index contributed by atoms with van der Waals surface area (Å²) in [6.45, 7) is 4.77. The summed E-state index contributed by atoms with van der Waals surface area (Å²) in [5.74, 6) is 0.460. The van der Waals surface area contributed by atoms with E-state index in [1.165, 1.54) is 23.9 Å². The first-order valence-electron chi connectivity index (χ1n) is 10.3. The van der Waals surface area contributed by atoms with E-state index < -0.39 is 4.92 Å². The molecule has 1 amide bonds. The van der Waals surface area contributed by atoms with Gasteiger partial charge in [0.05, 0.1) is 16.2 Å². The van der Waals surface area contributed by atoms with E-state index in [0.29, 0.717) is 35.2 Å². The van der Waals surface area contributed by atoms with Crippen molar-refractivity contribution in [1.82, 2.24) is 19.8 Å². The van der Waals surface area contributed by atoms with Gasteiger partial charge >= 0.3 is 0 Å². The van der Waals surface area contributed by atoms with E-state index >= 15 is 0 Å². The number of benzene rings is 2. The molecule has 0 unspecified atom stereocenters. The highest BCUT2D eigenvalue weighted by molar-refractivity contribution is 7.99. The third-order valence-corrected chi connectivity index (χ3v) is 6.35. The second-order valence-electron chi connectivity index (χ2n) is 7.63. The maximum atomic E-state index is 13.5. The van der Waals surface area contributed by atoms with Gasteiger partial charge in [-0.15, -0.1) is 0 Å². The Hall–Kier alpha value is -3.30. The zero-order chi connectivity index (χ0) is 22.7. The smallest absolute Gasteiger partial charge is 0.269 e. The van der Waals surface area contributed by atoms with E-state index in [1.807, 2.05) is 49.2 Å². The van der Waals surface area contributed by atoms with Crippen LogP contribution in [0.3, 0.4) is 0 Å². The number of nitrogens with zero attached hydrogens (tertiary/aromatic N) is 5. The van der Waals surface area contributed by atoms with Crippen molar-refractivity contribution in [3.8, 4) is 11.4 Å². The minimum absolute atomic E-state index is 0.0203. The highest BCUT2D eigenvalue weighted by atomic mass is 32.2. The van der Waals surface area contributed by atoms with E-state index in [1.54, 1.807) is 12.1 Å². The molecule has 0 radical (unpaired) electrons.